The molecule has 2 N–H and O–H groups in total. The van der Waals surface area contributed by atoms with Crippen LogP contribution in [-0.2, 0) is 15.6 Å². The molecule has 0 radical (unpaired) electrons. The summed E-state index contributed by atoms with van der Waals surface area (Å²) in [5.41, 5.74) is 2.11. The third-order valence-corrected chi connectivity index (χ3v) is 6.18. The van der Waals surface area contributed by atoms with Crippen molar-refractivity contribution >= 4 is 11.7 Å². The summed E-state index contributed by atoms with van der Waals surface area (Å²) in [5, 5.41) is 30.3. The van der Waals surface area contributed by atoms with Crippen molar-refractivity contribution in [1.29, 1.82) is 5.26 Å². The highest BCUT2D eigenvalue weighted by molar-refractivity contribution is 5.91. The standard InChI is InChI=1S/C23H27N5O2/c1-22(2,3)15-4-6-16(7-5-15)23(10-11-23)21(30)25-18-13-28(14-19(18)29)20-9-8-17(12-24)26-27-20/h4-9,18-19,29H,10-11,13-14H2,1-3H3,(H,25,30)/t18-,19-/m0/s1. The van der Waals surface area contributed by atoms with Crippen LogP contribution in [0.25, 0.3) is 0 Å². The number of aromatic nitrogens is 2. The zero-order valence-electron chi connectivity index (χ0n) is 17.6. The first kappa shape index (κ1) is 20.3. The lowest BCUT2D eigenvalue weighted by Crippen LogP contribution is -2.47. The summed E-state index contributed by atoms with van der Waals surface area (Å²) in [5.74, 6) is 0.562. The van der Waals surface area contributed by atoms with E-state index in [4.69, 9.17) is 5.26 Å². The average molecular weight is 406 g/mol. The lowest BCUT2D eigenvalue weighted by Gasteiger charge is -2.23. The molecule has 2 heterocycles. The summed E-state index contributed by atoms with van der Waals surface area (Å²) >= 11 is 0. The zero-order chi connectivity index (χ0) is 21.5. The van der Waals surface area contributed by atoms with Gasteiger partial charge in [-0.2, -0.15) is 5.26 Å². The van der Waals surface area contributed by atoms with Crippen LogP contribution in [0.3, 0.4) is 0 Å². The maximum atomic E-state index is 13.1. The first-order valence-corrected chi connectivity index (χ1v) is 10.3. The first-order valence-electron chi connectivity index (χ1n) is 10.3. The molecule has 4 rings (SSSR count). The van der Waals surface area contributed by atoms with Crippen molar-refractivity contribution in [2.75, 3.05) is 18.0 Å². The predicted molar refractivity (Wildman–Crippen MR) is 113 cm³/mol. The zero-order valence-corrected chi connectivity index (χ0v) is 17.6. The number of hydrogen-bond acceptors (Lipinski definition) is 6. The van der Waals surface area contributed by atoms with E-state index >= 15 is 0 Å². The van der Waals surface area contributed by atoms with Gasteiger partial charge in [0.05, 0.1) is 17.6 Å². The summed E-state index contributed by atoms with van der Waals surface area (Å²) in [6.45, 7) is 7.33. The molecule has 0 spiro atoms. The Balaban J connectivity index is 1.44. The quantitative estimate of drug-likeness (QED) is 0.807. The van der Waals surface area contributed by atoms with E-state index in [9.17, 15) is 9.90 Å². The minimum atomic E-state index is -0.689. The second kappa shape index (κ2) is 7.37. The van der Waals surface area contributed by atoms with Crippen LogP contribution in [0.1, 0.15) is 50.4 Å². The van der Waals surface area contributed by atoms with Crippen LogP contribution in [0.4, 0.5) is 5.82 Å². The number of β-amino-alcohol motifs (C(OH)–C–C–N with tert-alkyl or cyclic N) is 1. The fourth-order valence-electron chi connectivity index (χ4n) is 4.04. The molecule has 1 saturated heterocycles. The topological polar surface area (TPSA) is 102 Å². The van der Waals surface area contributed by atoms with E-state index in [1.807, 2.05) is 11.0 Å². The first-order chi connectivity index (χ1) is 14.2. The van der Waals surface area contributed by atoms with E-state index in [1.165, 1.54) is 5.56 Å². The van der Waals surface area contributed by atoms with Gasteiger partial charge in [-0.15, -0.1) is 10.2 Å². The van der Waals surface area contributed by atoms with E-state index < -0.39 is 11.5 Å². The Morgan fingerprint density at radius 2 is 1.87 bits per heavy atom. The van der Waals surface area contributed by atoms with Gasteiger partial charge in [0.1, 0.15) is 6.07 Å². The lowest BCUT2D eigenvalue weighted by atomic mass is 9.85. The van der Waals surface area contributed by atoms with Crippen molar-refractivity contribution in [2.24, 2.45) is 0 Å². The molecule has 30 heavy (non-hydrogen) atoms. The molecule has 7 heteroatoms. The summed E-state index contributed by atoms with van der Waals surface area (Å²) in [6, 6.07) is 13.2. The Hall–Kier alpha value is -2.98. The Kier molecular flexibility index (Phi) is 4.99. The van der Waals surface area contributed by atoms with Crippen LogP contribution in [0.5, 0.6) is 0 Å². The molecular weight excluding hydrogens is 378 g/mol. The number of carbonyl (C=O) groups is 1. The monoisotopic (exact) mass is 405 g/mol. The number of benzene rings is 1. The van der Waals surface area contributed by atoms with Crippen LogP contribution in [0.15, 0.2) is 36.4 Å². The molecule has 2 atom stereocenters. The van der Waals surface area contributed by atoms with Gasteiger partial charge in [0, 0.05) is 13.1 Å². The molecule has 2 fully saturated rings. The summed E-state index contributed by atoms with van der Waals surface area (Å²) in [7, 11) is 0. The van der Waals surface area contributed by atoms with Gasteiger partial charge in [0.2, 0.25) is 5.91 Å². The molecule has 1 aromatic carbocycles. The molecule has 1 aliphatic heterocycles. The number of nitriles is 1. The third-order valence-electron chi connectivity index (χ3n) is 6.18. The molecule has 1 amide bonds. The van der Waals surface area contributed by atoms with Gasteiger partial charge in [-0.25, -0.2) is 0 Å². The maximum absolute atomic E-state index is 13.1. The number of amides is 1. The van der Waals surface area contributed by atoms with Gasteiger partial charge in [-0.1, -0.05) is 45.0 Å². The largest absolute Gasteiger partial charge is 0.389 e. The third kappa shape index (κ3) is 3.75. The number of nitrogens with zero attached hydrogens (tertiary/aromatic N) is 4. The molecule has 2 aromatic rings. The molecule has 1 aromatic heterocycles. The van der Waals surface area contributed by atoms with Gasteiger partial charge in [0.25, 0.3) is 0 Å². The van der Waals surface area contributed by atoms with Crippen LogP contribution < -0.4 is 10.2 Å². The Morgan fingerprint density at radius 3 is 2.40 bits per heavy atom. The van der Waals surface area contributed by atoms with Crippen molar-refractivity contribution in [3.05, 3.63) is 53.2 Å². The fraction of sp³-hybridized carbons (Fsp3) is 0.478. The summed E-state index contributed by atoms with van der Waals surface area (Å²) < 4.78 is 0. The molecule has 1 aliphatic carbocycles. The van der Waals surface area contributed by atoms with Crippen molar-refractivity contribution in [3.63, 3.8) is 0 Å². The molecule has 0 bridgehead atoms. The normalized spacial score (nSPS) is 22.4. The van der Waals surface area contributed by atoms with Crippen molar-refractivity contribution in [1.82, 2.24) is 15.5 Å². The Morgan fingerprint density at radius 1 is 1.17 bits per heavy atom. The van der Waals surface area contributed by atoms with Crippen LogP contribution in [-0.4, -0.2) is 46.4 Å². The molecule has 1 saturated carbocycles. The van der Waals surface area contributed by atoms with Crippen LogP contribution in [0, 0.1) is 11.3 Å². The van der Waals surface area contributed by atoms with Crippen LogP contribution >= 0.6 is 0 Å². The van der Waals surface area contributed by atoms with Crippen LogP contribution in [0.2, 0.25) is 0 Å². The summed E-state index contributed by atoms with van der Waals surface area (Å²) in [4.78, 5) is 15.0. The number of carbonyl (C=O) groups excluding carboxylic acids is 1. The van der Waals surface area contributed by atoms with E-state index in [1.54, 1.807) is 12.1 Å². The van der Waals surface area contributed by atoms with Gasteiger partial charge in [-0.3, -0.25) is 4.79 Å². The predicted octanol–water partition coefficient (Wildman–Crippen LogP) is 2.04. The van der Waals surface area contributed by atoms with Gasteiger partial charge >= 0.3 is 0 Å². The maximum Gasteiger partial charge on any atom is 0.231 e. The Bertz CT molecular complexity index is 969. The van der Waals surface area contributed by atoms with Crippen molar-refractivity contribution in [2.45, 2.75) is 56.6 Å². The minimum absolute atomic E-state index is 0.0252. The number of aliphatic hydroxyl groups is 1. The second-order valence-electron chi connectivity index (χ2n) is 9.35. The molecule has 7 nitrogen and oxygen atoms in total. The lowest BCUT2D eigenvalue weighted by molar-refractivity contribution is -0.124. The molecule has 0 unspecified atom stereocenters. The van der Waals surface area contributed by atoms with E-state index in [-0.39, 0.29) is 23.1 Å². The fourth-order valence-corrected chi connectivity index (χ4v) is 4.04. The molecular formula is C23H27N5O2. The Labute approximate surface area is 176 Å². The molecule has 156 valence electrons. The second-order valence-corrected chi connectivity index (χ2v) is 9.35. The molecule has 2 aliphatic rings. The smallest absolute Gasteiger partial charge is 0.231 e. The number of nitrogens with one attached hydrogen (secondary N) is 1. The highest BCUT2D eigenvalue weighted by Gasteiger charge is 2.52. The van der Waals surface area contributed by atoms with E-state index in [0.717, 1.165) is 18.4 Å². The number of rotatable bonds is 4. The van der Waals surface area contributed by atoms with Crippen molar-refractivity contribution < 1.29 is 9.90 Å². The summed E-state index contributed by atoms with van der Waals surface area (Å²) in [6.07, 6.45) is 0.952. The SMILES string of the molecule is CC(C)(C)c1ccc(C2(C(=O)N[C@H]3CN(c4ccc(C#N)nn4)C[C@@H]3O)CC2)cc1. The number of aliphatic hydroxyl groups excluding tert-OH is 1. The minimum Gasteiger partial charge on any atom is -0.389 e. The average Bonchev–Trinajstić information content (AvgIpc) is 3.47. The number of hydrogen-bond donors (Lipinski definition) is 2. The highest BCUT2D eigenvalue weighted by Crippen LogP contribution is 2.48. The van der Waals surface area contributed by atoms with Gasteiger partial charge in [-0.05, 0) is 41.5 Å². The highest BCUT2D eigenvalue weighted by atomic mass is 16.3. The van der Waals surface area contributed by atoms with E-state index in [2.05, 4.69) is 60.6 Å². The van der Waals surface area contributed by atoms with E-state index in [0.29, 0.717) is 18.9 Å². The number of anilines is 1. The van der Waals surface area contributed by atoms with Crippen molar-refractivity contribution in [3.8, 4) is 6.07 Å². The van der Waals surface area contributed by atoms with Gasteiger partial charge in [0.15, 0.2) is 11.5 Å². The van der Waals surface area contributed by atoms with Gasteiger partial charge < -0.3 is 15.3 Å².